The van der Waals surface area contributed by atoms with Crippen molar-refractivity contribution < 1.29 is 9.53 Å². The van der Waals surface area contributed by atoms with Crippen LogP contribution in [0.3, 0.4) is 0 Å². The van der Waals surface area contributed by atoms with Gasteiger partial charge in [-0.2, -0.15) is 0 Å². The highest BCUT2D eigenvalue weighted by Crippen LogP contribution is 2.41. The molecule has 25 heavy (non-hydrogen) atoms. The fourth-order valence-electron chi connectivity index (χ4n) is 3.43. The molecular weight excluding hydrogens is 378 g/mol. The van der Waals surface area contributed by atoms with E-state index in [1.54, 1.807) is 0 Å². The third-order valence-electron chi connectivity index (χ3n) is 4.73. The molecule has 0 bridgehead atoms. The van der Waals surface area contributed by atoms with Crippen LogP contribution in [-0.2, 0) is 17.8 Å². The Morgan fingerprint density at radius 1 is 1.16 bits per heavy atom. The summed E-state index contributed by atoms with van der Waals surface area (Å²) in [4.78, 5) is 14.8. The van der Waals surface area contributed by atoms with E-state index in [9.17, 15) is 4.79 Å². The number of rotatable bonds is 2. The molecule has 0 radical (unpaired) electrons. The zero-order valence-corrected chi connectivity index (χ0v) is 16.5. The zero-order valence-electron chi connectivity index (χ0n) is 15.0. The largest absolute Gasteiger partial charge is 0.444 e. The highest BCUT2D eigenvalue weighted by molar-refractivity contribution is 9.10. The van der Waals surface area contributed by atoms with Gasteiger partial charge in [0.05, 0.1) is 5.69 Å². The van der Waals surface area contributed by atoms with Crippen molar-refractivity contribution in [3.63, 3.8) is 0 Å². The number of fused-ring (bicyclic) bond motifs is 1. The molecule has 1 atom stereocenters. The summed E-state index contributed by atoms with van der Waals surface area (Å²) >= 11 is 3.63. The molecule has 1 aliphatic rings. The van der Waals surface area contributed by atoms with Crippen molar-refractivity contribution in [1.29, 1.82) is 0 Å². The van der Waals surface area contributed by atoms with E-state index in [4.69, 9.17) is 4.74 Å². The van der Waals surface area contributed by atoms with E-state index >= 15 is 0 Å². The standard InChI is InChI=1S/C21H24BrNO2/c1-21(2,3)19-13-12-16-17(22)10-7-11-18(16)23(19)20(24)25-14-15-8-5-4-6-9-15/h4-11,19H,12-14H2,1-3H3. The second-order valence-corrected chi connectivity index (χ2v) is 8.42. The van der Waals surface area contributed by atoms with Gasteiger partial charge in [-0.1, -0.05) is 73.1 Å². The van der Waals surface area contributed by atoms with Crippen LogP contribution in [0.15, 0.2) is 53.0 Å². The van der Waals surface area contributed by atoms with E-state index in [1.165, 1.54) is 5.56 Å². The van der Waals surface area contributed by atoms with E-state index < -0.39 is 0 Å². The Kier molecular flexibility index (Phi) is 5.19. The van der Waals surface area contributed by atoms with Crippen LogP contribution in [0, 0.1) is 5.41 Å². The van der Waals surface area contributed by atoms with Gasteiger partial charge in [-0.3, -0.25) is 4.90 Å². The summed E-state index contributed by atoms with van der Waals surface area (Å²) in [6, 6.07) is 15.9. The first-order valence-electron chi connectivity index (χ1n) is 8.65. The van der Waals surface area contributed by atoms with Gasteiger partial charge in [0.1, 0.15) is 6.61 Å². The molecule has 2 aromatic rings. The minimum absolute atomic E-state index is 0.0220. The van der Waals surface area contributed by atoms with Gasteiger partial charge in [0.25, 0.3) is 0 Å². The normalized spacial score (nSPS) is 17.1. The Balaban J connectivity index is 1.89. The molecule has 0 saturated heterocycles. The molecule has 0 saturated carbocycles. The van der Waals surface area contributed by atoms with Crippen LogP contribution < -0.4 is 4.90 Å². The van der Waals surface area contributed by atoms with Crippen LogP contribution in [0.5, 0.6) is 0 Å². The number of hydrogen-bond acceptors (Lipinski definition) is 2. The monoisotopic (exact) mass is 401 g/mol. The molecular formula is C21H24BrNO2. The molecule has 0 aliphatic carbocycles. The number of carbonyl (C=O) groups excluding carboxylic acids is 1. The van der Waals surface area contributed by atoms with E-state index in [2.05, 4.69) is 36.7 Å². The van der Waals surface area contributed by atoms with Gasteiger partial charge < -0.3 is 4.74 Å². The summed E-state index contributed by atoms with van der Waals surface area (Å²) in [7, 11) is 0. The van der Waals surface area contributed by atoms with Crippen molar-refractivity contribution in [3.05, 3.63) is 64.1 Å². The number of halogens is 1. The van der Waals surface area contributed by atoms with Crippen molar-refractivity contribution in [2.45, 2.75) is 46.3 Å². The van der Waals surface area contributed by atoms with Crippen LogP contribution in [0.2, 0.25) is 0 Å². The lowest BCUT2D eigenvalue weighted by atomic mass is 9.79. The van der Waals surface area contributed by atoms with E-state index in [0.29, 0.717) is 0 Å². The van der Waals surface area contributed by atoms with Crippen molar-refractivity contribution in [3.8, 4) is 0 Å². The fourth-order valence-corrected chi connectivity index (χ4v) is 3.99. The Morgan fingerprint density at radius 2 is 1.88 bits per heavy atom. The van der Waals surface area contributed by atoms with Crippen molar-refractivity contribution in [2.24, 2.45) is 5.41 Å². The number of hydrogen-bond donors (Lipinski definition) is 0. The lowest BCUT2D eigenvalue weighted by Crippen LogP contribution is -2.50. The Morgan fingerprint density at radius 3 is 2.56 bits per heavy atom. The average molecular weight is 402 g/mol. The molecule has 3 nitrogen and oxygen atoms in total. The molecule has 4 heteroatoms. The lowest BCUT2D eigenvalue weighted by Gasteiger charge is -2.43. The van der Waals surface area contributed by atoms with E-state index in [1.807, 2.05) is 53.4 Å². The van der Waals surface area contributed by atoms with E-state index in [-0.39, 0.29) is 24.2 Å². The molecule has 1 heterocycles. The molecule has 2 aromatic carbocycles. The average Bonchev–Trinajstić information content (AvgIpc) is 2.59. The minimum Gasteiger partial charge on any atom is -0.444 e. The SMILES string of the molecule is CC(C)(C)C1CCc2c(Br)cccc2N1C(=O)OCc1ccccc1. The fraction of sp³-hybridized carbons (Fsp3) is 0.381. The van der Waals surface area contributed by atoms with Gasteiger partial charge in [0.2, 0.25) is 0 Å². The summed E-state index contributed by atoms with van der Waals surface area (Å²) in [5.41, 5.74) is 3.11. The van der Waals surface area contributed by atoms with Gasteiger partial charge in [-0.25, -0.2) is 4.79 Å². The number of anilines is 1. The summed E-state index contributed by atoms with van der Waals surface area (Å²) in [6.07, 6.45) is 1.61. The molecule has 0 fully saturated rings. The third-order valence-corrected chi connectivity index (χ3v) is 5.48. The second kappa shape index (κ2) is 7.20. The highest BCUT2D eigenvalue weighted by atomic mass is 79.9. The van der Waals surface area contributed by atoms with Crippen LogP contribution in [0.4, 0.5) is 10.5 Å². The Hall–Kier alpha value is -1.81. The smallest absolute Gasteiger partial charge is 0.414 e. The second-order valence-electron chi connectivity index (χ2n) is 7.57. The first-order chi connectivity index (χ1) is 11.9. The molecule has 1 unspecified atom stereocenters. The number of ether oxygens (including phenoxy) is 1. The number of nitrogens with zero attached hydrogens (tertiary/aromatic N) is 1. The Labute approximate surface area is 158 Å². The minimum atomic E-state index is -0.275. The maximum absolute atomic E-state index is 13.0. The first-order valence-corrected chi connectivity index (χ1v) is 9.44. The van der Waals surface area contributed by atoms with Gasteiger partial charge >= 0.3 is 6.09 Å². The topological polar surface area (TPSA) is 29.5 Å². The van der Waals surface area contributed by atoms with Crippen molar-refractivity contribution >= 4 is 27.7 Å². The quantitative estimate of drug-likeness (QED) is 0.621. The molecule has 0 N–H and O–H groups in total. The molecule has 0 spiro atoms. The van der Waals surface area contributed by atoms with Crippen molar-refractivity contribution in [2.75, 3.05) is 4.90 Å². The van der Waals surface area contributed by atoms with Gasteiger partial charge in [-0.05, 0) is 41.5 Å². The van der Waals surface area contributed by atoms with Crippen LogP contribution in [-0.4, -0.2) is 12.1 Å². The predicted octanol–water partition coefficient (Wildman–Crippen LogP) is 5.95. The highest BCUT2D eigenvalue weighted by Gasteiger charge is 2.39. The molecule has 132 valence electrons. The number of amides is 1. The molecule has 3 rings (SSSR count). The molecule has 0 aromatic heterocycles. The summed E-state index contributed by atoms with van der Waals surface area (Å²) < 4.78 is 6.72. The van der Waals surface area contributed by atoms with Gasteiger partial charge in [-0.15, -0.1) is 0 Å². The zero-order chi connectivity index (χ0) is 18.0. The third kappa shape index (κ3) is 3.90. The van der Waals surface area contributed by atoms with E-state index in [0.717, 1.165) is 28.6 Å². The summed E-state index contributed by atoms with van der Waals surface area (Å²) in [5.74, 6) is 0. The maximum atomic E-state index is 13.0. The van der Waals surface area contributed by atoms with Crippen LogP contribution >= 0.6 is 15.9 Å². The number of carbonyl (C=O) groups is 1. The molecule has 1 amide bonds. The molecule has 1 aliphatic heterocycles. The maximum Gasteiger partial charge on any atom is 0.414 e. The van der Waals surface area contributed by atoms with Crippen LogP contribution in [0.1, 0.15) is 38.3 Å². The first kappa shape index (κ1) is 18.0. The lowest BCUT2D eigenvalue weighted by molar-refractivity contribution is 0.136. The number of benzene rings is 2. The Bertz CT molecular complexity index is 752. The van der Waals surface area contributed by atoms with Gasteiger partial charge in [0, 0.05) is 10.5 Å². The summed E-state index contributed by atoms with van der Waals surface area (Å²) in [6.45, 7) is 6.82. The van der Waals surface area contributed by atoms with Crippen molar-refractivity contribution in [1.82, 2.24) is 0 Å². The van der Waals surface area contributed by atoms with Gasteiger partial charge in [0.15, 0.2) is 0 Å². The van der Waals surface area contributed by atoms with Crippen LogP contribution in [0.25, 0.3) is 0 Å². The predicted molar refractivity (Wildman–Crippen MR) is 105 cm³/mol. The summed E-state index contributed by atoms with van der Waals surface area (Å²) in [5, 5.41) is 0.